The summed E-state index contributed by atoms with van der Waals surface area (Å²) < 4.78 is 0. The van der Waals surface area contributed by atoms with Crippen LogP contribution in [0.2, 0.25) is 5.31 Å². The van der Waals surface area contributed by atoms with Crippen molar-refractivity contribution in [3.05, 3.63) is 0 Å². The summed E-state index contributed by atoms with van der Waals surface area (Å²) in [5.74, 6) is 0. The van der Waals surface area contributed by atoms with E-state index in [-0.39, 0.29) is 10.7 Å². The van der Waals surface area contributed by atoms with Crippen molar-refractivity contribution >= 4 is 7.12 Å². The zero-order valence-electron chi connectivity index (χ0n) is 12.4. The molecule has 0 aliphatic heterocycles. The molecule has 0 saturated heterocycles. The van der Waals surface area contributed by atoms with Crippen LogP contribution < -0.4 is 0 Å². The maximum atomic E-state index is 9.92. The van der Waals surface area contributed by atoms with Crippen molar-refractivity contribution in [3.8, 4) is 0 Å². The number of hydrogen-bond donors (Lipinski definition) is 2. The standard InChI is InChI=1S/C14H31BO2/c1-6-11-12-13(7-2,8-3)14(9-4,10-5)15(16)17/h16-17H,6-12H2,1-5H3. The molecule has 0 unspecified atom stereocenters. The van der Waals surface area contributed by atoms with E-state index in [0.29, 0.717) is 0 Å². The molecule has 2 N–H and O–H groups in total. The molecule has 0 aliphatic rings. The van der Waals surface area contributed by atoms with Crippen LogP contribution in [-0.2, 0) is 0 Å². The summed E-state index contributed by atoms with van der Waals surface area (Å²) in [6.45, 7) is 10.8. The van der Waals surface area contributed by atoms with Gasteiger partial charge in [-0.05, 0) is 11.8 Å². The summed E-state index contributed by atoms with van der Waals surface area (Å²) in [7, 11) is -1.20. The number of hydrogen-bond acceptors (Lipinski definition) is 2. The van der Waals surface area contributed by atoms with Gasteiger partial charge < -0.3 is 10.0 Å². The van der Waals surface area contributed by atoms with E-state index in [0.717, 1.165) is 32.1 Å². The van der Waals surface area contributed by atoms with Crippen molar-refractivity contribution in [3.63, 3.8) is 0 Å². The van der Waals surface area contributed by atoms with E-state index in [1.807, 2.05) is 0 Å². The highest BCUT2D eigenvalue weighted by Crippen LogP contribution is 2.59. The van der Waals surface area contributed by atoms with Crippen LogP contribution in [0.1, 0.15) is 79.6 Å². The lowest BCUT2D eigenvalue weighted by molar-refractivity contribution is 0.0978. The summed E-state index contributed by atoms with van der Waals surface area (Å²) in [6, 6.07) is 0. The Morgan fingerprint density at radius 3 is 1.53 bits per heavy atom. The van der Waals surface area contributed by atoms with Crippen LogP contribution in [0.3, 0.4) is 0 Å². The highest BCUT2D eigenvalue weighted by Gasteiger charge is 2.53. The predicted molar refractivity (Wildman–Crippen MR) is 76.0 cm³/mol. The van der Waals surface area contributed by atoms with Crippen molar-refractivity contribution in [2.24, 2.45) is 5.41 Å². The van der Waals surface area contributed by atoms with Crippen LogP contribution in [0.15, 0.2) is 0 Å². The Labute approximate surface area is 108 Å². The Morgan fingerprint density at radius 1 is 0.824 bits per heavy atom. The Hall–Kier alpha value is -0.0151. The van der Waals surface area contributed by atoms with Gasteiger partial charge in [0, 0.05) is 5.31 Å². The van der Waals surface area contributed by atoms with Gasteiger partial charge in [-0.15, -0.1) is 0 Å². The third-order valence-electron chi connectivity index (χ3n) is 5.17. The first-order chi connectivity index (χ1) is 8.00. The maximum absolute atomic E-state index is 9.92. The number of unbranched alkanes of at least 4 members (excludes halogenated alkanes) is 1. The quantitative estimate of drug-likeness (QED) is 0.599. The SMILES string of the molecule is CCCCC(CC)(CC)C(CC)(CC)B(O)O. The molecule has 0 bridgehead atoms. The van der Waals surface area contributed by atoms with Gasteiger partial charge in [0.15, 0.2) is 0 Å². The van der Waals surface area contributed by atoms with E-state index in [1.165, 1.54) is 12.8 Å². The first-order valence-electron chi connectivity index (χ1n) is 7.36. The maximum Gasteiger partial charge on any atom is 0.458 e. The van der Waals surface area contributed by atoms with Gasteiger partial charge in [0.2, 0.25) is 0 Å². The Bertz CT molecular complexity index is 196. The second kappa shape index (κ2) is 7.43. The fraction of sp³-hybridized carbons (Fsp3) is 1.00. The van der Waals surface area contributed by atoms with Gasteiger partial charge in [0.05, 0.1) is 0 Å². The monoisotopic (exact) mass is 242 g/mol. The second-order valence-electron chi connectivity index (χ2n) is 5.33. The second-order valence-corrected chi connectivity index (χ2v) is 5.33. The Kier molecular flexibility index (Phi) is 7.42. The smallest absolute Gasteiger partial charge is 0.427 e. The van der Waals surface area contributed by atoms with Crippen molar-refractivity contribution in [2.75, 3.05) is 0 Å². The third-order valence-corrected chi connectivity index (χ3v) is 5.17. The molecular weight excluding hydrogens is 211 g/mol. The molecule has 0 radical (unpaired) electrons. The van der Waals surface area contributed by atoms with Gasteiger partial charge >= 0.3 is 7.12 Å². The van der Waals surface area contributed by atoms with E-state index in [1.54, 1.807) is 0 Å². The molecule has 0 amide bonds. The fourth-order valence-electron chi connectivity index (χ4n) is 3.71. The largest absolute Gasteiger partial charge is 0.458 e. The molecule has 0 spiro atoms. The molecule has 0 aliphatic carbocycles. The van der Waals surface area contributed by atoms with Crippen LogP contribution in [0, 0.1) is 5.41 Å². The lowest BCUT2D eigenvalue weighted by Crippen LogP contribution is -2.46. The van der Waals surface area contributed by atoms with Crippen molar-refractivity contribution < 1.29 is 10.0 Å². The summed E-state index contributed by atoms with van der Waals surface area (Å²) in [4.78, 5) is 0. The van der Waals surface area contributed by atoms with Gasteiger partial charge in [-0.1, -0.05) is 73.1 Å². The van der Waals surface area contributed by atoms with Gasteiger partial charge in [0.25, 0.3) is 0 Å². The molecule has 3 heteroatoms. The van der Waals surface area contributed by atoms with E-state index in [2.05, 4.69) is 34.6 Å². The highest BCUT2D eigenvalue weighted by molar-refractivity contribution is 6.45. The fourth-order valence-corrected chi connectivity index (χ4v) is 3.71. The van der Waals surface area contributed by atoms with Crippen LogP contribution >= 0.6 is 0 Å². The average molecular weight is 242 g/mol. The number of rotatable bonds is 9. The van der Waals surface area contributed by atoms with E-state index < -0.39 is 7.12 Å². The molecule has 102 valence electrons. The minimum atomic E-state index is -1.20. The van der Waals surface area contributed by atoms with Gasteiger partial charge in [-0.3, -0.25) is 0 Å². The van der Waals surface area contributed by atoms with Crippen molar-refractivity contribution in [2.45, 2.75) is 84.9 Å². The topological polar surface area (TPSA) is 40.5 Å². The molecule has 0 aromatic rings. The van der Waals surface area contributed by atoms with Crippen LogP contribution in [0.4, 0.5) is 0 Å². The molecule has 0 fully saturated rings. The minimum absolute atomic E-state index is 0.0701. The zero-order valence-corrected chi connectivity index (χ0v) is 12.4. The average Bonchev–Trinajstić information content (AvgIpc) is 2.34. The zero-order chi connectivity index (χ0) is 13.5. The normalized spacial score (nSPS) is 12.9. The predicted octanol–water partition coefficient (Wildman–Crippen LogP) is 4.02. The lowest BCUT2D eigenvalue weighted by atomic mass is 9.40. The summed E-state index contributed by atoms with van der Waals surface area (Å²) in [6.07, 6.45) is 7.20. The molecule has 0 heterocycles. The Balaban J connectivity index is 5.34. The van der Waals surface area contributed by atoms with Crippen LogP contribution in [0.25, 0.3) is 0 Å². The molecule has 0 saturated carbocycles. The molecule has 2 nitrogen and oxygen atoms in total. The van der Waals surface area contributed by atoms with Gasteiger partial charge in [-0.25, -0.2) is 0 Å². The summed E-state index contributed by atoms with van der Waals surface area (Å²) in [5.41, 5.74) is 0.0701. The lowest BCUT2D eigenvalue weighted by Gasteiger charge is -2.50. The molecule has 17 heavy (non-hydrogen) atoms. The molecule has 0 rings (SSSR count). The third kappa shape index (κ3) is 3.06. The van der Waals surface area contributed by atoms with Crippen molar-refractivity contribution in [1.82, 2.24) is 0 Å². The van der Waals surface area contributed by atoms with Gasteiger partial charge in [-0.2, -0.15) is 0 Å². The molecule has 0 aromatic heterocycles. The van der Waals surface area contributed by atoms with Crippen LogP contribution in [-0.4, -0.2) is 17.2 Å². The Morgan fingerprint density at radius 2 is 1.29 bits per heavy atom. The highest BCUT2D eigenvalue weighted by atomic mass is 16.4. The molecule has 0 atom stereocenters. The molecular formula is C14H31BO2. The van der Waals surface area contributed by atoms with Gasteiger partial charge in [0.1, 0.15) is 0 Å². The first kappa shape index (κ1) is 17.0. The summed E-state index contributed by atoms with van der Waals surface area (Å²) >= 11 is 0. The first-order valence-corrected chi connectivity index (χ1v) is 7.36. The van der Waals surface area contributed by atoms with E-state index in [4.69, 9.17) is 0 Å². The minimum Gasteiger partial charge on any atom is -0.427 e. The summed E-state index contributed by atoms with van der Waals surface area (Å²) in [5, 5.41) is 19.5. The van der Waals surface area contributed by atoms with Crippen molar-refractivity contribution in [1.29, 1.82) is 0 Å². The van der Waals surface area contributed by atoms with E-state index in [9.17, 15) is 10.0 Å². The van der Waals surface area contributed by atoms with E-state index >= 15 is 0 Å². The molecule has 0 aromatic carbocycles. The van der Waals surface area contributed by atoms with Crippen LogP contribution in [0.5, 0.6) is 0 Å².